The van der Waals surface area contributed by atoms with Gasteiger partial charge in [0.05, 0.1) is 0 Å². The third kappa shape index (κ3) is 3.79. The van der Waals surface area contributed by atoms with Gasteiger partial charge in [0.1, 0.15) is 0 Å². The largest absolute Gasteiger partial charge is 0.478 e. The minimum atomic E-state index is -1.01. The van der Waals surface area contributed by atoms with E-state index in [0.29, 0.717) is 11.4 Å². The van der Waals surface area contributed by atoms with Gasteiger partial charge in [0.15, 0.2) is 5.82 Å². The van der Waals surface area contributed by atoms with Crippen LogP contribution in [0.1, 0.15) is 21.5 Å². The van der Waals surface area contributed by atoms with E-state index < -0.39 is 5.97 Å². The number of nitrogens with one attached hydrogen (secondary N) is 1. The maximum absolute atomic E-state index is 12.1. The Kier molecular flexibility index (Phi) is 4.18. The van der Waals surface area contributed by atoms with Crippen molar-refractivity contribution in [2.75, 3.05) is 5.32 Å². The summed E-state index contributed by atoms with van der Waals surface area (Å²) in [6.45, 7) is 1.82. The highest BCUT2D eigenvalue weighted by Gasteiger charge is 2.09. The number of nitrogens with zero attached hydrogens (tertiary/aromatic N) is 2. The van der Waals surface area contributed by atoms with E-state index in [1.807, 2.05) is 6.92 Å². The van der Waals surface area contributed by atoms with E-state index in [1.54, 1.807) is 42.2 Å². The molecule has 0 bridgehead atoms. The highest BCUT2D eigenvalue weighted by atomic mass is 16.4. The number of amides is 1. The van der Waals surface area contributed by atoms with Gasteiger partial charge in [-0.2, -0.15) is 5.10 Å². The Balaban J connectivity index is 2.15. The molecule has 1 aromatic carbocycles. The number of aliphatic carboxylic acids is 1. The molecule has 0 saturated carbocycles. The molecule has 0 spiro atoms. The number of aromatic nitrogens is 2. The first-order valence-electron chi connectivity index (χ1n) is 6.28. The number of hydrogen-bond donors (Lipinski definition) is 2. The van der Waals surface area contributed by atoms with Crippen molar-refractivity contribution in [3.8, 4) is 0 Å². The third-order valence-electron chi connectivity index (χ3n) is 2.89. The fourth-order valence-corrected chi connectivity index (χ4v) is 1.84. The van der Waals surface area contributed by atoms with E-state index in [1.165, 1.54) is 6.08 Å². The molecule has 6 heteroatoms. The molecule has 1 heterocycles. The van der Waals surface area contributed by atoms with Crippen molar-refractivity contribution < 1.29 is 14.7 Å². The Bertz CT molecular complexity index is 717. The maximum Gasteiger partial charge on any atom is 0.328 e. The quantitative estimate of drug-likeness (QED) is 0.842. The molecule has 0 unspecified atom stereocenters. The summed E-state index contributed by atoms with van der Waals surface area (Å²) in [5.41, 5.74) is 2.07. The summed E-state index contributed by atoms with van der Waals surface area (Å²) >= 11 is 0. The summed E-state index contributed by atoms with van der Waals surface area (Å²) < 4.78 is 1.60. The third-order valence-corrected chi connectivity index (χ3v) is 2.89. The first-order valence-corrected chi connectivity index (χ1v) is 6.28. The minimum absolute atomic E-state index is 0.259. The summed E-state index contributed by atoms with van der Waals surface area (Å²) in [5.74, 6) is -0.785. The van der Waals surface area contributed by atoms with Gasteiger partial charge in [0, 0.05) is 31.0 Å². The lowest BCUT2D eigenvalue weighted by atomic mass is 10.0. The summed E-state index contributed by atoms with van der Waals surface area (Å²) in [7, 11) is 1.77. The van der Waals surface area contributed by atoms with Crippen LogP contribution in [-0.4, -0.2) is 26.8 Å². The SMILES string of the molecule is Cc1cc(C(=O)Nc2ccn(C)n2)ccc1/C=C/C(=O)O. The molecule has 0 aliphatic heterocycles. The molecule has 2 aromatic rings. The summed E-state index contributed by atoms with van der Waals surface area (Å²) in [6.07, 6.45) is 4.30. The molecule has 108 valence electrons. The van der Waals surface area contributed by atoms with Crippen molar-refractivity contribution in [1.29, 1.82) is 0 Å². The smallest absolute Gasteiger partial charge is 0.328 e. The molecule has 1 amide bonds. The predicted octanol–water partition coefficient (Wildman–Crippen LogP) is 2.08. The lowest BCUT2D eigenvalue weighted by molar-refractivity contribution is -0.131. The normalized spacial score (nSPS) is 10.8. The van der Waals surface area contributed by atoms with Crippen LogP contribution in [0.3, 0.4) is 0 Å². The maximum atomic E-state index is 12.1. The van der Waals surface area contributed by atoms with Gasteiger partial charge in [-0.1, -0.05) is 6.07 Å². The Morgan fingerprint density at radius 2 is 2.10 bits per heavy atom. The monoisotopic (exact) mass is 285 g/mol. The van der Waals surface area contributed by atoms with Crippen molar-refractivity contribution >= 4 is 23.8 Å². The second-order valence-corrected chi connectivity index (χ2v) is 4.57. The number of aryl methyl sites for hydroxylation is 2. The molecule has 6 nitrogen and oxygen atoms in total. The Morgan fingerprint density at radius 1 is 1.33 bits per heavy atom. The van der Waals surface area contributed by atoms with Crippen molar-refractivity contribution in [3.05, 3.63) is 53.2 Å². The fourth-order valence-electron chi connectivity index (χ4n) is 1.84. The van der Waals surface area contributed by atoms with E-state index >= 15 is 0 Å². The van der Waals surface area contributed by atoms with Crippen LogP contribution >= 0.6 is 0 Å². The van der Waals surface area contributed by atoms with E-state index in [0.717, 1.165) is 17.2 Å². The van der Waals surface area contributed by atoms with Crippen LogP contribution in [0.5, 0.6) is 0 Å². The highest BCUT2D eigenvalue weighted by Crippen LogP contribution is 2.14. The number of carboxylic acid groups (broad SMARTS) is 1. The van der Waals surface area contributed by atoms with Crippen molar-refractivity contribution in [3.63, 3.8) is 0 Å². The van der Waals surface area contributed by atoms with E-state index in [2.05, 4.69) is 10.4 Å². The van der Waals surface area contributed by atoms with Gasteiger partial charge >= 0.3 is 5.97 Å². The average molecular weight is 285 g/mol. The van der Waals surface area contributed by atoms with Crippen LogP contribution in [0.4, 0.5) is 5.82 Å². The molecule has 0 atom stereocenters. The van der Waals surface area contributed by atoms with Gasteiger partial charge in [-0.05, 0) is 36.3 Å². The zero-order valence-electron chi connectivity index (χ0n) is 11.7. The molecule has 2 rings (SSSR count). The van der Waals surface area contributed by atoms with E-state index in [4.69, 9.17) is 5.11 Å². The Labute approximate surface area is 121 Å². The average Bonchev–Trinajstić information content (AvgIpc) is 2.82. The molecule has 21 heavy (non-hydrogen) atoms. The van der Waals surface area contributed by atoms with Gasteiger partial charge in [0.25, 0.3) is 5.91 Å². The molecule has 0 aliphatic rings. The number of benzene rings is 1. The van der Waals surface area contributed by atoms with Crippen molar-refractivity contribution in [2.24, 2.45) is 7.05 Å². The second kappa shape index (κ2) is 6.04. The molecular formula is C15H15N3O3. The molecule has 0 radical (unpaired) electrons. The van der Waals surface area contributed by atoms with Gasteiger partial charge in [-0.3, -0.25) is 9.48 Å². The highest BCUT2D eigenvalue weighted by molar-refractivity contribution is 6.04. The molecule has 1 aromatic heterocycles. The fraction of sp³-hybridized carbons (Fsp3) is 0.133. The first-order chi connectivity index (χ1) is 9.95. The Morgan fingerprint density at radius 3 is 2.67 bits per heavy atom. The summed E-state index contributed by atoms with van der Waals surface area (Å²) in [4.78, 5) is 22.6. The minimum Gasteiger partial charge on any atom is -0.478 e. The lowest BCUT2D eigenvalue weighted by Gasteiger charge is -2.05. The number of carbonyl (C=O) groups excluding carboxylic acids is 1. The van der Waals surface area contributed by atoms with E-state index in [9.17, 15) is 9.59 Å². The van der Waals surface area contributed by atoms with Crippen molar-refractivity contribution in [2.45, 2.75) is 6.92 Å². The van der Waals surface area contributed by atoms with Gasteiger partial charge in [-0.15, -0.1) is 0 Å². The summed E-state index contributed by atoms with van der Waals surface area (Å²) in [6, 6.07) is 6.77. The molecule has 0 aliphatic carbocycles. The van der Waals surface area contributed by atoms with Crippen molar-refractivity contribution in [1.82, 2.24) is 9.78 Å². The zero-order chi connectivity index (χ0) is 15.4. The van der Waals surface area contributed by atoms with Crippen LogP contribution in [0, 0.1) is 6.92 Å². The number of anilines is 1. The lowest BCUT2D eigenvalue weighted by Crippen LogP contribution is -2.12. The zero-order valence-corrected chi connectivity index (χ0v) is 11.7. The van der Waals surface area contributed by atoms with Crippen LogP contribution in [0.2, 0.25) is 0 Å². The van der Waals surface area contributed by atoms with Crippen LogP contribution in [-0.2, 0) is 11.8 Å². The van der Waals surface area contributed by atoms with Crippen LogP contribution < -0.4 is 5.32 Å². The summed E-state index contributed by atoms with van der Waals surface area (Å²) in [5, 5.41) is 15.4. The van der Waals surface area contributed by atoms with Gasteiger partial charge in [0.2, 0.25) is 0 Å². The number of rotatable bonds is 4. The molecular weight excluding hydrogens is 270 g/mol. The van der Waals surface area contributed by atoms with E-state index in [-0.39, 0.29) is 5.91 Å². The van der Waals surface area contributed by atoms with Crippen LogP contribution in [0.15, 0.2) is 36.5 Å². The first kappa shape index (κ1) is 14.5. The standard InChI is InChI=1S/C15H15N3O3/c1-10-9-12(4-3-11(10)5-6-14(19)20)15(21)16-13-7-8-18(2)17-13/h3-9H,1-2H3,(H,19,20)(H,16,17,21)/b6-5+. The Hall–Kier alpha value is -2.89. The van der Waals surface area contributed by atoms with Gasteiger partial charge in [-0.25, -0.2) is 4.79 Å². The predicted molar refractivity (Wildman–Crippen MR) is 79.0 cm³/mol. The second-order valence-electron chi connectivity index (χ2n) is 4.57. The molecule has 0 saturated heterocycles. The van der Waals surface area contributed by atoms with Crippen LogP contribution in [0.25, 0.3) is 6.08 Å². The molecule has 2 N–H and O–H groups in total. The number of hydrogen-bond acceptors (Lipinski definition) is 3. The number of carboxylic acids is 1. The topological polar surface area (TPSA) is 84.2 Å². The molecule has 0 fully saturated rings. The number of carbonyl (C=O) groups is 2. The van der Waals surface area contributed by atoms with Gasteiger partial charge < -0.3 is 10.4 Å².